The Balaban J connectivity index is 2.25. The number of rotatable bonds is 3. The number of carbonyl (C=O) groups is 1. The number of carbonyl (C=O) groups excluding carboxylic acids is 1. The summed E-state index contributed by atoms with van der Waals surface area (Å²) in [6.45, 7) is 0. The lowest BCUT2D eigenvalue weighted by atomic mass is 10.0. The SMILES string of the molecule is O=C(Cc1cc(F)cc(F)c1)c1ccc(F)cc1Br. The molecule has 0 saturated carbocycles. The molecule has 0 aliphatic rings. The van der Waals surface area contributed by atoms with Gasteiger partial charge in [-0.15, -0.1) is 0 Å². The Bertz CT molecular complexity index is 620. The van der Waals surface area contributed by atoms with Gasteiger partial charge in [0, 0.05) is 22.5 Å². The van der Waals surface area contributed by atoms with Crippen molar-refractivity contribution in [1.82, 2.24) is 0 Å². The molecule has 0 fully saturated rings. The first-order chi connectivity index (χ1) is 8.95. The Labute approximate surface area is 116 Å². The molecule has 19 heavy (non-hydrogen) atoms. The summed E-state index contributed by atoms with van der Waals surface area (Å²) in [4.78, 5) is 12.0. The fourth-order valence-electron chi connectivity index (χ4n) is 1.71. The second kappa shape index (κ2) is 5.57. The molecule has 2 aromatic carbocycles. The fourth-order valence-corrected chi connectivity index (χ4v) is 2.28. The molecule has 1 nitrogen and oxygen atoms in total. The lowest BCUT2D eigenvalue weighted by molar-refractivity contribution is 0.0992. The minimum absolute atomic E-state index is 0.154. The summed E-state index contributed by atoms with van der Waals surface area (Å²) in [5, 5.41) is 0. The molecule has 0 aliphatic heterocycles. The van der Waals surface area contributed by atoms with Crippen molar-refractivity contribution in [2.24, 2.45) is 0 Å². The van der Waals surface area contributed by atoms with Crippen LogP contribution >= 0.6 is 15.9 Å². The molecule has 0 radical (unpaired) electrons. The van der Waals surface area contributed by atoms with Gasteiger partial charge in [-0.25, -0.2) is 13.2 Å². The van der Waals surface area contributed by atoms with Gasteiger partial charge in [0.25, 0.3) is 0 Å². The Kier molecular flexibility index (Phi) is 4.04. The van der Waals surface area contributed by atoms with Gasteiger partial charge < -0.3 is 0 Å². The van der Waals surface area contributed by atoms with Crippen molar-refractivity contribution in [1.29, 1.82) is 0 Å². The van der Waals surface area contributed by atoms with Crippen LogP contribution in [0.1, 0.15) is 15.9 Å². The zero-order valence-corrected chi connectivity index (χ0v) is 11.2. The van der Waals surface area contributed by atoms with Crippen molar-refractivity contribution in [2.75, 3.05) is 0 Å². The molecule has 5 heteroatoms. The molecule has 2 rings (SSSR count). The van der Waals surface area contributed by atoms with Crippen molar-refractivity contribution < 1.29 is 18.0 Å². The predicted molar refractivity (Wildman–Crippen MR) is 68.5 cm³/mol. The van der Waals surface area contributed by atoms with Crippen molar-refractivity contribution in [2.45, 2.75) is 6.42 Å². The number of Topliss-reactive ketones (excluding diaryl/α,β-unsaturated/α-hetero) is 1. The standard InChI is InChI=1S/C14H8BrF3O/c15-13-7-9(16)1-2-12(13)14(19)5-8-3-10(17)6-11(18)4-8/h1-4,6-7H,5H2. The Morgan fingerprint density at radius 2 is 1.58 bits per heavy atom. The third-order valence-corrected chi connectivity index (χ3v) is 3.17. The number of ketones is 1. The Hall–Kier alpha value is -1.62. The molecule has 0 unspecified atom stereocenters. The molecule has 0 heterocycles. The average molecular weight is 329 g/mol. The van der Waals surface area contributed by atoms with E-state index in [0.717, 1.165) is 24.3 Å². The molecule has 98 valence electrons. The predicted octanol–water partition coefficient (Wildman–Crippen LogP) is 4.29. The number of halogens is 4. The number of hydrogen-bond donors (Lipinski definition) is 0. The Morgan fingerprint density at radius 1 is 0.947 bits per heavy atom. The second-order valence-corrected chi connectivity index (χ2v) is 4.86. The summed E-state index contributed by atoms with van der Waals surface area (Å²) >= 11 is 3.08. The van der Waals surface area contributed by atoms with Crippen molar-refractivity contribution in [3.8, 4) is 0 Å². The van der Waals surface area contributed by atoms with Crippen LogP contribution in [0.2, 0.25) is 0 Å². The van der Waals surface area contributed by atoms with Crippen LogP contribution in [0.4, 0.5) is 13.2 Å². The van der Waals surface area contributed by atoms with E-state index in [1.165, 1.54) is 12.1 Å². The maximum Gasteiger partial charge on any atom is 0.168 e. The molecule has 0 saturated heterocycles. The molecule has 0 aromatic heterocycles. The first kappa shape index (κ1) is 13.8. The van der Waals surface area contributed by atoms with Gasteiger partial charge in [0.1, 0.15) is 17.5 Å². The summed E-state index contributed by atoms with van der Waals surface area (Å²) in [5.41, 5.74) is 0.504. The Morgan fingerprint density at radius 3 is 2.16 bits per heavy atom. The summed E-state index contributed by atoms with van der Waals surface area (Å²) < 4.78 is 39.2. The van der Waals surface area contributed by atoms with Crippen LogP contribution in [-0.2, 0) is 6.42 Å². The van der Waals surface area contributed by atoms with Crippen LogP contribution in [0.3, 0.4) is 0 Å². The van der Waals surface area contributed by atoms with Gasteiger partial charge in [0.2, 0.25) is 0 Å². The monoisotopic (exact) mass is 328 g/mol. The highest BCUT2D eigenvalue weighted by Crippen LogP contribution is 2.20. The summed E-state index contributed by atoms with van der Waals surface area (Å²) in [5.74, 6) is -2.29. The molecule has 0 N–H and O–H groups in total. The largest absolute Gasteiger partial charge is 0.294 e. The third-order valence-electron chi connectivity index (χ3n) is 2.52. The lowest BCUT2D eigenvalue weighted by Gasteiger charge is -2.05. The van der Waals surface area contributed by atoms with Crippen molar-refractivity contribution in [3.63, 3.8) is 0 Å². The van der Waals surface area contributed by atoms with Crippen LogP contribution in [0.15, 0.2) is 40.9 Å². The number of benzene rings is 2. The van der Waals surface area contributed by atoms with Crippen LogP contribution in [-0.4, -0.2) is 5.78 Å². The maximum absolute atomic E-state index is 13.0. The normalized spacial score (nSPS) is 10.5. The van der Waals surface area contributed by atoms with Crippen molar-refractivity contribution >= 4 is 21.7 Å². The zero-order chi connectivity index (χ0) is 14.0. The van der Waals surface area contributed by atoms with E-state index in [9.17, 15) is 18.0 Å². The minimum Gasteiger partial charge on any atom is -0.294 e. The number of hydrogen-bond acceptors (Lipinski definition) is 1. The molecule has 0 aliphatic carbocycles. The molecular formula is C14H8BrF3O. The highest BCUT2D eigenvalue weighted by molar-refractivity contribution is 9.10. The molecule has 0 bridgehead atoms. The summed E-state index contributed by atoms with van der Waals surface area (Å²) in [6.07, 6.45) is -0.154. The zero-order valence-electron chi connectivity index (χ0n) is 9.59. The maximum atomic E-state index is 13.0. The van der Waals surface area contributed by atoms with E-state index < -0.39 is 17.5 Å². The smallest absolute Gasteiger partial charge is 0.168 e. The van der Waals surface area contributed by atoms with E-state index in [1.54, 1.807) is 0 Å². The van der Waals surface area contributed by atoms with Crippen molar-refractivity contribution in [3.05, 3.63) is 69.4 Å². The molecular weight excluding hydrogens is 321 g/mol. The van der Waals surface area contributed by atoms with E-state index in [2.05, 4.69) is 15.9 Å². The first-order valence-corrected chi connectivity index (χ1v) is 6.18. The highest BCUT2D eigenvalue weighted by atomic mass is 79.9. The average Bonchev–Trinajstić information content (AvgIpc) is 2.26. The van der Waals surface area contributed by atoms with E-state index in [4.69, 9.17) is 0 Å². The van der Waals surface area contributed by atoms with Gasteiger partial charge in [0.05, 0.1) is 0 Å². The summed E-state index contributed by atoms with van der Waals surface area (Å²) in [7, 11) is 0. The van der Waals surface area contributed by atoms with Gasteiger partial charge in [-0.05, 0) is 51.8 Å². The molecule has 0 atom stereocenters. The lowest BCUT2D eigenvalue weighted by Crippen LogP contribution is -2.05. The van der Waals surface area contributed by atoms with Gasteiger partial charge in [-0.1, -0.05) is 0 Å². The summed E-state index contributed by atoms with van der Waals surface area (Å²) in [6, 6.07) is 6.58. The molecule has 0 amide bonds. The first-order valence-electron chi connectivity index (χ1n) is 5.39. The fraction of sp³-hybridized carbons (Fsp3) is 0.0714. The minimum atomic E-state index is -0.735. The van der Waals surface area contributed by atoms with Gasteiger partial charge >= 0.3 is 0 Å². The molecule has 2 aromatic rings. The van der Waals surface area contributed by atoms with Crippen LogP contribution in [0.5, 0.6) is 0 Å². The van der Waals surface area contributed by atoms with Crippen LogP contribution in [0.25, 0.3) is 0 Å². The topological polar surface area (TPSA) is 17.1 Å². The highest BCUT2D eigenvalue weighted by Gasteiger charge is 2.12. The van der Waals surface area contributed by atoms with Gasteiger partial charge in [-0.3, -0.25) is 4.79 Å². The quantitative estimate of drug-likeness (QED) is 0.768. The van der Waals surface area contributed by atoms with Gasteiger partial charge in [-0.2, -0.15) is 0 Å². The van der Waals surface area contributed by atoms with E-state index >= 15 is 0 Å². The van der Waals surface area contributed by atoms with Gasteiger partial charge in [0.15, 0.2) is 5.78 Å². The second-order valence-electron chi connectivity index (χ2n) is 4.00. The van der Waals surface area contributed by atoms with E-state index in [1.807, 2.05) is 0 Å². The van der Waals surface area contributed by atoms with E-state index in [-0.39, 0.29) is 23.3 Å². The van der Waals surface area contributed by atoms with E-state index in [0.29, 0.717) is 4.47 Å². The third kappa shape index (κ3) is 3.44. The van der Waals surface area contributed by atoms with Crippen LogP contribution < -0.4 is 0 Å². The molecule has 0 spiro atoms. The van der Waals surface area contributed by atoms with Crippen LogP contribution in [0, 0.1) is 17.5 Å².